The molecular weight excluding hydrogens is 404 g/mol. The Morgan fingerprint density at radius 1 is 0.600 bits per heavy atom. The number of hydrogen-bond acceptors (Lipinski definition) is 6. The predicted molar refractivity (Wildman–Crippen MR) is 100 cm³/mol. The average molecular weight is 432 g/mol. The van der Waals surface area contributed by atoms with Crippen molar-refractivity contribution in [2.24, 2.45) is 10.8 Å². The van der Waals surface area contributed by atoms with Crippen molar-refractivity contribution < 1.29 is 49.2 Å². The van der Waals surface area contributed by atoms with Crippen molar-refractivity contribution in [3.63, 3.8) is 0 Å². The van der Waals surface area contributed by atoms with Crippen LogP contribution in [-0.4, -0.2) is 69.2 Å². The van der Waals surface area contributed by atoms with Gasteiger partial charge in [0.15, 0.2) is 0 Å². The van der Waals surface area contributed by atoms with Gasteiger partial charge in [-0.2, -0.15) is 0 Å². The standard InChI is InChI=1S/C18H28N2O10/c1-17(15(27)28,9-13(23)24)7-11(21)19-5-3-4-6-20-12(22)8-18(2,16(29)30)10-14(25)26/h3-10H2,1-2H3,(H,19,21)(H,20,22)(H,23,24)(H,25,26)(H,27,28)(H,29,30). The zero-order valence-electron chi connectivity index (χ0n) is 16.9. The molecule has 0 rings (SSSR count). The first-order valence-corrected chi connectivity index (χ1v) is 9.15. The lowest BCUT2D eigenvalue weighted by atomic mass is 9.83. The van der Waals surface area contributed by atoms with E-state index in [2.05, 4.69) is 10.6 Å². The lowest BCUT2D eigenvalue weighted by Crippen LogP contribution is -2.38. The van der Waals surface area contributed by atoms with E-state index >= 15 is 0 Å². The van der Waals surface area contributed by atoms with Crippen molar-refractivity contribution in [3.05, 3.63) is 0 Å². The second kappa shape index (κ2) is 11.7. The minimum Gasteiger partial charge on any atom is -0.481 e. The fourth-order valence-corrected chi connectivity index (χ4v) is 2.63. The monoisotopic (exact) mass is 432 g/mol. The van der Waals surface area contributed by atoms with Gasteiger partial charge in [-0.25, -0.2) is 0 Å². The summed E-state index contributed by atoms with van der Waals surface area (Å²) in [4.78, 5) is 67.7. The zero-order chi connectivity index (χ0) is 23.5. The highest BCUT2D eigenvalue weighted by Gasteiger charge is 2.38. The third-order valence-corrected chi connectivity index (χ3v) is 4.46. The molecule has 0 aliphatic carbocycles. The SMILES string of the molecule is CC(CC(=O)O)(CC(=O)NCCCCNC(=O)CC(C)(CC(=O)O)C(=O)O)C(=O)O. The van der Waals surface area contributed by atoms with Crippen LogP contribution >= 0.6 is 0 Å². The molecule has 0 saturated carbocycles. The third kappa shape index (κ3) is 9.85. The quantitative estimate of drug-likeness (QED) is 0.189. The van der Waals surface area contributed by atoms with Crippen LogP contribution in [0.4, 0.5) is 0 Å². The van der Waals surface area contributed by atoms with Gasteiger partial charge in [0.2, 0.25) is 11.8 Å². The summed E-state index contributed by atoms with van der Waals surface area (Å²) in [5, 5.41) is 40.8. The smallest absolute Gasteiger partial charge is 0.310 e. The van der Waals surface area contributed by atoms with Crippen molar-refractivity contribution in [1.82, 2.24) is 10.6 Å². The molecule has 0 aliphatic heterocycles. The van der Waals surface area contributed by atoms with Crippen LogP contribution in [0, 0.1) is 10.8 Å². The Morgan fingerprint density at radius 3 is 1.13 bits per heavy atom. The molecular formula is C18H28N2O10. The maximum absolute atomic E-state index is 11.9. The van der Waals surface area contributed by atoms with Gasteiger partial charge in [-0.1, -0.05) is 0 Å². The number of carboxylic acid groups (broad SMARTS) is 4. The summed E-state index contributed by atoms with van der Waals surface area (Å²) in [6.07, 6.45) is -1.55. The van der Waals surface area contributed by atoms with E-state index in [9.17, 15) is 28.8 Å². The van der Waals surface area contributed by atoms with Gasteiger partial charge in [-0.3, -0.25) is 28.8 Å². The molecule has 0 heterocycles. The van der Waals surface area contributed by atoms with Crippen molar-refractivity contribution >= 4 is 35.7 Å². The van der Waals surface area contributed by atoms with Crippen molar-refractivity contribution in [3.8, 4) is 0 Å². The minimum atomic E-state index is -1.73. The molecule has 12 heteroatoms. The van der Waals surface area contributed by atoms with Crippen LogP contribution in [0.15, 0.2) is 0 Å². The normalized spacial score (nSPS) is 14.6. The molecule has 12 nitrogen and oxygen atoms in total. The summed E-state index contributed by atoms with van der Waals surface area (Å²) in [5.41, 5.74) is -3.45. The highest BCUT2D eigenvalue weighted by Crippen LogP contribution is 2.27. The number of carbonyl (C=O) groups excluding carboxylic acids is 2. The van der Waals surface area contributed by atoms with Crippen LogP contribution in [0.2, 0.25) is 0 Å². The predicted octanol–water partition coefficient (Wildman–Crippen LogP) is -0.0896. The van der Waals surface area contributed by atoms with Crippen molar-refractivity contribution in [2.45, 2.75) is 52.4 Å². The van der Waals surface area contributed by atoms with Crippen LogP contribution in [0.5, 0.6) is 0 Å². The van der Waals surface area contributed by atoms with E-state index in [0.29, 0.717) is 12.8 Å². The second-order valence-corrected chi connectivity index (χ2v) is 7.63. The van der Waals surface area contributed by atoms with E-state index in [1.165, 1.54) is 13.8 Å². The summed E-state index contributed by atoms with van der Waals surface area (Å²) in [7, 11) is 0. The first kappa shape index (κ1) is 26.8. The molecule has 2 amide bonds. The van der Waals surface area contributed by atoms with Gasteiger partial charge < -0.3 is 31.1 Å². The lowest BCUT2D eigenvalue weighted by Gasteiger charge is -2.22. The molecule has 0 fully saturated rings. The van der Waals surface area contributed by atoms with Crippen LogP contribution in [0.1, 0.15) is 52.4 Å². The van der Waals surface area contributed by atoms with Crippen LogP contribution in [0.25, 0.3) is 0 Å². The first-order chi connectivity index (χ1) is 13.7. The van der Waals surface area contributed by atoms with Crippen LogP contribution in [0.3, 0.4) is 0 Å². The number of nitrogens with one attached hydrogen (secondary N) is 2. The molecule has 0 aromatic carbocycles. The molecule has 0 bridgehead atoms. The van der Waals surface area contributed by atoms with Gasteiger partial charge in [0.25, 0.3) is 0 Å². The summed E-state index contributed by atoms with van der Waals surface area (Å²) >= 11 is 0. The summed E-state index contributed by atoms with van der Waals surface area (Å²) < 4.78 is 0. The molecule has 0 aromatic heterocycles. The minimum absolute atomic E-state index is 0.170. The molecule has 2 unspecified atom stereocenters. The molecule has 170 valence electrons. The molecule has 0 radical (unpaired) electrons. The Bertz CT molecular complexity index is 634. The Hall–Kier alpha value is -3.18. The van der Waals surface area contributed by atoms with Gasteiger partial charge >= 0.3 is 23.9 Å². The largest absolute Gasteiger partial charge is 0.481 e. The van der Waals surface area contributed by atoms with E-state index in [1.54, 1.807) is 0 Å². The first-order valence-electron chi connectivity index (χ1n) is 9.15. The Balaban J connectivity index is 4.27. The van der Waals surface area contributed by atoms with E-state index in [-0.39, 0.29) is 13.1 Å². The van der Waals surface area contributed by atoms with E-state index < -0.39 is 72.2 Å². The molecule has 0 spiro atoms. The topological polar surface area (TPSA) is 207 Å². The number of hydrogen-bond donors (Lipinski definition) is 6. The second-order valence-electron chi connectivity index (χ2n) is 7.63. The molecule has 0 aliphatic rings. The van der Waals surface area contributed by atoms with Gasteiger partial charge in [0, 0.05) is 25.9 Å². The van der Waals surface area contributed by atoms with E-state index in [4.69, 9.17) is 20.4 Å². The number of carbonyl (C=O) groups is 6. The molecule has 6 N–H and O–H groups in total. The number of unbranched alkanes of at least 4 members (excludes halogenated alkanes) is 1. The zero-order valence-corrected chi connectivity index (χ0v) is 16.9. The van der Waals surface area contributed by atoms with Crippen LogP contribution < -0.4 is 10.6 Å². The Labute approximate surface area is 172 Å². The average Bonchev–Trinajstić information content (AvgIpc) is 2.55. The number of aliphatic carboxylic acids is 4. The highest BCUT2D eigenvalue weighted by atomic mass is 16.4. The van der Waals surface area contributed by atoms with Crippen LogP contribution in [-0.2, 0) is 28.8 Å². The summed E-state index contributed by atoms with van der Waals surface area (Å²) in [6.45, 7) is 2.69. The maximum Gasteiger partial charge on any atom is 0.310 e. The third-order valence-electron chi connectivity index (χ3n) is 4.46. The van der Waals surface area contributed by atoms with Crippen molar-refractivity contribution in [2.75, 3.05) is 13.1 Å². The fourth-order valence-electron chi connectivity index (χ4n) is 2.63. The molecule has 0 saturated heterocycles. The maximum atomic E-state index is 11.9. The Morgan fingerprint density at radius 2 is 0.900 bits per heavy atom. The molecule has 2 atom stereocenters. The number of amides is 2. The lowest BCUT2D eigenvalue weighted by molar-refractivity contribution is -0.156. The van der Waals surface area contributed by atoms with Gasteiger partial charge in [0.05, 0.1) is 23.7 Å². The molecule has 30 heavy (non-hydrogen) atoms. The van der Waals surface area contributed by atoms with Gasteiger partial charge in [0.1, 0.15) is 0 Å². The highest BCUT2D eigenvalue weighted by molar-refractivity contribution is 5.88. The van der Waals surface area contributed by atoms with E-state index in [1.807, 2.05) is 0 Å². The van der Waals surface area contributed by atoms with Gasteiger partial charge in [-0.05, 0) is 26.7 Å². The summed E-state index contributed by atoms with van der Waals surface area (Å²) in [6, 6.07) is 0. The van der Waals surface area contributed by atoms with Crippen molar-refractivity contribution in [1.29, 1.82) is 0 Å². The summed E-state index contributed by atoms with van der Waals surface area (Å²) in [5.74, 6) is -6.67. The number of rotatable bonds is 15. The fraction of sp³-hybridized carbons (Fsp3) is 0.667. The van der Waals surface area contributed by atoms with E-state index in [0.717, 1.165) is 0 Å². The van der Waals surface area contributed by atoms with Gasteiger partial charge in [-0.15, -0.1) is 0 Å². The molecule has 0 aromatic rings. The number of carboxylic acids is 4. The Kier molecular flexibility index (Phi) is 10.5.